The molecule has 1 amide bonds. The summed E-state index contributed by atoms with van der Waals surface area (Å²) in [7, 11) is 0. The van der Waals surface area contributed by atoms with Crippen LogP contribution in [0.4, 0.5) is 0 Å². The van der Waals surface area contributed by atoms with Crippen LogP contribution in [0.15, 0.2) is 0 Å². The van der Waals surface area contributed by atoms with Crippen molar-refractivity contribution >= 4 is 11.9 Å². The molecule has 0 saturated heterocycles. The molecule has 0 bridgehead atoms. The molecular formula is C11H19NO5. The van der Waals surface area contributed by atoms with Crippen LogP contribution in [0.3, 0.4) is 0 Å². The highest BCUT2D eigenvalue weighted by molar-refractivity contribution is 5.78. The molecule has 0 heterocycles. The van der Waals surface area contributed by atoms with Gasteiger partial charge in [0.25, 0.3) is 0 Å². The molecule has 1 aliphatic carbocycles. The first-order chi connectivity index (χ1) is 8.15. The Kier molecular flexibility index (Phi) is 5.93. The Hall–Kier alpha value is -1.14. The zero-order chi connectivity index (χ0) is 12.7. The van der Waals surface area contributed by atoms with Gasteiger partial charge in [-0.05, 0) is 25.7 Å². The van der Waals surface area contributed by atoms with Gasteiger partial charge in [-0.15, -0.1) is 0 Å². The quantitative estimate of drug-likeness (QED) is 0.621. The van der Waals surface area contributed by atoms with E-state index >= 15 is 0 Å². The lowest BCUT2D eigenvalue weighted by atomic mass is 9.91. The van der Waals surface area contributed by atoms with Crippen molar-refractivity contribution < 1.29 is 24.5 Å². The van der Waals surface area contributed by atoms with Crippen LogP contribution in [-0.2, 0) is 14.3 Å². The molecule has 0 aromatic rings. The number of ether oxygens (including phenoxy) is 1. The summed E-state index contributed by atoms with van der Waals surface area (Å²) in [6.45, 7) is -0.0958. The molecule has 6 heteroatoms. The molecule has 1 saturated carbocycles. The Morgan fingerprint density at radius 2 is 2.00 bits per heavy atom. The van der Waals surface area contributed by atoms with Crippen molar-refractivity contribution in [2.75, 3.05) is 26.4 Å². The van der Waals surface area contributed by atoms with Gasteiger partial charge in [-0.3, -0.25) is 4.79 Å². The molecule has 6 nitrogen and oxygen atoms in total. The molecule has 17 heavy (non-hydrogen) atoms. The van der Waals surface area contributed by atoms with Gasteiger partial charge < -0.3 is 19.8 Å². The SMILES string of the molecule is O=C(O)COCC(=O)N(CCCO)C1CCC1. The van der Waals surface area contributed by atoms with Gasteiger partial charge in [-0.2, -0.15) is 0 Å². The Morgan fingerprint density at radius 1 is 1.29 bits per heavy atom. The first kappa shape index (κ1) is 13.9. The second-order valence-corrected chi connectivity index (χ2v) is 4.14. The Bertz CT molecular complexity index is 265. The second kappa shape index (κ2) is 7.24. The normalized spacial score (nSPS) is 15.4. The van der Waals surface area contributed by atoms with Crippen LogP contribution in [0.1, 0.15) is 25.7 Å². The third-order valence-electron chi connectivity index (χ3n) is 2.84. The molecular weight excluding hydrogens is 226 g/mol. The monoisotopic (exact) mass is 245 g/mol. The number of nitrogens with zero attached hydrogens (tertiary/aromatic N) is 1. The average molecular weight is 245 g/mol. The number of aliphatic carboxylic acids is 1. The number of hydrogen-bond acceptors (Lipinski definition) is 4. The summed E-state index contributed by atoms with van der Waals surface area (Å²) in [5.41, 5.74) is 0. The molecule has 0 unspecified atom stereocenters. The van der Waals surface area contributed by atoms with Gasteiger partial charge in [-0.25, -0.2) is 4.79 Å². The van der Waals surface area contributed by atoms with E-state index in [0.29, 0.717) is 13.0 Å². The van der Waals surface area contributed by atoms with Crippen molar-refractivity contribution in [3.8, 4) is 0 Å². The van der Waals surface area contributed by atoms with E-state index in [1.807, 2.05) is 0 Å². The average Bonchev–Trinajstić information content (AvgIpc) is 2.20. The van der Waals surface area contributed by atoms with E-state index in [-0.39, 0.29) is 25.2 Å². The van der Waals surface area contributed by atoms with Gasteiger partial charge in [0.05, 0.1) is 0 Å². The number of amides is 1. The van der Waals surface area contributed by atoms with Crippen molar-refractivity contribution in [1.29, 1.82) is 0 Å². The summed E-state index contributed by atoms with van der Waals surface area (Å²) in [6.07, 6.45) is 3.62. The highest BCUT2D eigenvalue weighted by Gasteiger charge is 2.28. The number of carboxylic acids is 1. The van der Waals surface area contributed by atoms with Gasteiger partial charge >= 0.3 is 5.97 Å². The molecule has 98 valence electrons. The third-order valence-corrected chi connectivity index (χ3v) is 2.84. The first-order valence-corrected chi connectivity index (χ1v) is 5.85. The molecule has 0 aliphatic heterocycles. The molecule has 1 rings (SSSR count). The first-order valence-electron chi connectivity index (χ1n) is 5.85. The molecule has 2 N–H and O–H groups in total. The Morgan fingerprint density at radius 3 is 2.47 bits per heavy atom. The van der Waals surface area contributed by atoms with Crippen molar-refractivity contribution in [2.24, 2.45) is 0 Å². The Balaban J connectivity index is 2.33. The van der Waals surface area contributed by atoms with E-state index in [9.17, 15) is 9.59 Å². The molecule has 0 atom stereocenters. The fourth-order valence-corrected chi connectivity index (χ4v) is 1.76. The van der Waals surface area contributed by atoms with Gasteiger partial charge in [-0.1, -0.05) is 0 Å². The number of hydrogen-bond donors (Lipinski definition) is 2. The van der Waals surface area contributed by atoms with Crippen LogP contribution in [0.5, 0.6) is 0 Å². The lowest BCUT2D eigenvalue weighted by Gasteiger charge is -2.37. The van der Waals surface area contributed by atoms with Crippen LogP contribution in [0.2, 0.25) is 0 Å². The predicted molar refractivity (Wildman–Crippen MR) is 59.5 cm³/mol. The van der Waals surface area contributed by atoms with Crippen LogP contribution in [0.25, 0.3) is 0 Å². The lowest BCUT2D eigenvalue weighted by Crippen LogP contribution is -2.46. The topological polar surface area (TPSA) is 87.1 Å². The summed E-state index contributed by atoms with van der Waals surface area (Å²) in [5, 5.41) is 17.2. The summed E-state index contributed by atoms with van der Waals surface area (Å²) < 4.78 is 4.78. The minimum absolute atomic E-state index is 0.0481. The molecule has 1 aliphatic rings. The zero-order valence-corrected chi connectivity index (χ0v) is 9.80. The van der Waals surface area contributed by atoms with Crippen LogP contribution >= 0.6 is 0 Å². The number of carbonyl (C=O) groups excluding carboxylic acids is 1. The maximum Gasteiger partial charge on any atom is 0.329 e. The summed E-state index contributed by atoms with van der Waals surface area (Å²) in [6, 6.07) is 0.238. The van der Waals surface area contributed by atoms with E-state index < -0.39 is 12.6 Å². The maximum absolute atomic E-state index is 11.8. The number of aliphatic hydroxyl groups is 1. The van der Waals surface area contributed by atoms with Gasteiger partial charge in [0.2, 0.25) is 5.91 Å². The highest BCUT2D eigenvalue weighted by atomic mass is 16.5. The van der Waals surface area contributed by atoms with Crippen LogP contribution in [0, 0.1) is 0 Å². The predicted octanol–water partition coefficient (Wildman–Crippen LogP) is -0.149. The molecule has 0 radical (unpaired) electrons. The molecule has 0 aromatic carbocycles. The van der Waals surface area contributed by atoms with E-state index in [4.69, 9.17) is 14.9 Å². The number of carbonyl (C=O) groups is 2. The second-order valence-electron chi connectivity index (χ2n) is 4.14. The van der Waals surface area contributed by atoms with E-state index in [0.717, 1.165) is 19.3 Å². The largest absolute Gasteiger partial charge is 0.480 e. The number of carboxylic acid groups (broad SMARTS) is 1. The van der Waals surface area contributed by atoms with Gasteiger partial charge in [0.15, 0.2) is 0 Å². The van der Waals surface area contributed by atoms with Crippen molar-refractivity contribution in [1.82, 2.24) is 4.90 Å². The van der Waals surface area contributed by atoms with Crippen molar-refractivity contribution in [2.45, 2.75) is 31.7 Å². The third kappa shape index (κ3) is 4.70. The fraction of sp³-hybridized carbons (Fsp3) is 0.818. The molecule has 1 fully saturated rings. The summed E-state index contributed by atoms with van der Waals surface area (Å²) >= 11 is 0. The zero-order valence-electron chi connectivity index (χ0n) is 9.80. The Labute approximate surface area is 100 Å². The summed E-state index contributed by atoms with van der Waals surface area (Å²) in [4.78, 5) is 23.7. The smallest absolute Gasteiger partial charge is 0.329 e. The minimum Gasteiger partial charge on any atom is -0.480 e. The fourth-order valence-electron chi connectivity index (χ4n) is 1.76. The van der Waals surface area contributed by atoms with Crippen molar-refractivity contribution in [3.63, 3.8) is 0 Å². The van der Waals surface area contributed by atoms with E-state index in [1.165, 1.54) is 0 Å². The highest BCUT2D eigenvalue weighted by Crippen LogP contribution is 2.24. The maximum atomic E-state index is 11.8. The van der Waals surface area contributed by atoms with Crippen molar-refractivity contribution in [3.05, 3.63) is 0 Å². The van der Waals surface area contributed by atoms with Crippen LogP contribution < -0.4 is 0 Å². The van der Waals surface area contributed by atoms with E-state index in [2.05, 4.69) is 0 Å². The summed E-state index contributed by atoms with van der Waals surface area (Å²) in [5.74, 6) is -1.27. The number of rotatable bonds is 8. The van der Waals surface area contributed by atoms with E-state index in [1.54, 1.807) is 4.90 Å². The van der Waals surface area contributed by atoms with Gasteiger partial charge in [0.1, 0.15) is 13.2 Å². The number of aliphatic hydroxyl groups excluding tert-OH is 1. The molecule has 0 spiro atoms. The lowest BCUT2D eigenvalue weighted by molar-refractivity contribution is -0.147. The molecule has 0 aromatic heterocycles. The standard InChI is InChI=1S/C11H19NO5/c13-6-2-5-12(9-3-1-4-9)10(14)7-17-8-11(15)16/h9,13H,1-8H2,(H,15,16). The van der Waals surface area contributed by atoms with Crippen LogP contribution in [-0.4, -0.2) is 59.4 Å². The minimum atomic E-state index is -1.08. The van der Waals surface area contributed by atoms with Gasteiger partial charge in [0, 0.05) is 19.2 Å².